The van der Waals surface area contributed by atoms with Gasteiger partial charge in [-0.05, 0) is 43.9 Å². The molecule has 6 nitrogen and oxygen atoms in total. The molecule has 0 spiro atoms. The van der Waals surface area contributed by atoms with Gasteiger partial charge in [0.1, 0.15) is 6.10 Å². The summed E-state index contributed by atoms with van der Waals surface area (Å²) in [5.41, 5.74) is 2.08. The Kier molecular flexibility index (Phi) is 6.27. The largest absolute Gasteiger partial charge is 0.368 e. The summed E-state index contributed by atoms with van der Waals surface area (Å²) in [7, 11) is 0. The summed E-state index contributed by atoms with van der Waals surface area (Å²) < 4.78 is 5.49. The van der Waals surface area contributed by atoms with Gasteiger partial charge in [0.2, 0.25) is 5.91 Å². The predicted molar refractivity (Wildman–Crippen MR) is 101 cm³/mol. The Morgan fingerprint density at radius 3 is 2.46 bits per heavy atom. The van der Waals surface area contributed by atoms with Gasteiger partial charge in [-0.15, -0.1) is 0 Å². The molecule has 1 aromatic carbocycles. The molecule has 142 valence electrons. The fraction of sp³-hybridized carbons (Fsp3) is 0.600. The topological polar surface area (TPSA) is 61.9 Å². The van der Waals surface area contributed by atoms with E-state index in [1.807, 2.05) is 36.1 Å². The number of amides is 2. The number of anilines is 1. The number of aryl methyl sites for hydroxylation is 1. The minimum atomic E-state index is -0.256. The van der Waals surface area contributed by atoms with Gasteiger partial charge in [0.15, 0.2) is 0 Å². The number of ether oxygens (including phenoxy) is 1. The maximum atomic E-state index is 12.5. The van der Waals surface area contributed by atoms with E-state index in [0.29, 0.717) is 32.8 Å². The first-order valence-electron chi connectivity index (χ1n) is 9.62. The summed E-state index contributed by atoms with van der Waals surface area (Å²) in [4.78, 5) is 29.0. The second kappa shape index (κ2) is 8.64. The average Bonchev–Trinajstić information content (AvgIpc) is 3.22. The standard InChI is InChI=1S/C20H29N3O3/c1-3-16-6-8-17(9-7-16)21-19(24)15(2)22-10-12-23(13-11-22)20(25)18-5-4-14-26-18/h6-9,15,18H,3-5,10-14H2,1-2H3,(H,21,24)/t15-,18+/m0/s1. The van der Waals surface area contributed by atoms with E-state index in [0.717, 1.165) is 24.9 Å². The van der Waals surface area contributed by atoms with Gasteiger partial charge in [0.05, 0.1) is 6.04 Å². The molecule has 0 bridgehead atoms. The maximum Gasteiger partial charge on any atom is 0.251 e. The summed E-state index contributed by atoms with van der Waals surface area (Å²) in [6.45, 7) is 7.45. The SMILES string of the molecule is CCc1ccc(NC(=O)[C@H](C)N2CCN(C(=O)[C@H]3CCCO3)CC2)cc1. The summed E-state index contributed by atoms with van der Waals surface area (Å²) in [6.07, 6.45) is 2.52. The first-order chi connectivity index (χ1) is 12.6. The lowest BCUT2D eigenvalue weighted by Crippen LogP contribution is -2.55. The van der Waals surface area contributed by atoms with Crippen LogP contribution >= 0.6 is 0 Å². The Balaban J connectivity index is 1.48. The third-order valence-electron chi connectivity index (χ3n) is 5.39. The van der Waals surface area contributed by atoms with Crippen molar-refractivity contribution in [3.05, 3.63) is 29.8 Å². The van der Waals surface area contributed by atoms with Crippen LogP contribution in [0.3, 0.4) is 0 Å². The van der Waals surface area contributed by atoms with E-state index in [9.17, 15) is 9.59 Å². The number of nitrogens with one attached hydrogen (secondary N) is 1. The van der Waals surface area contributed by atoms with Gasteiger partial charge in [-0.1, -0.05) is 19.1 Å². The number of rotatable bonds is 5. The minimum absolute atomic E-state index is 0.00634. The zero-order valence-electron chi connectivity index (χ0n) is 15.7. The van der Waals surface area contributed by atoms with Crippen molar-refractivity contribution in [2.75, 3.05) is 38.1 Å². The van der Waals surface area contributed by atoms with Crippen molar-refractivity contribution in [2.24, 2.45) is 0 Å². The molecule has 2 atom stereocenters. The molecule has 26 heavy (non-hydrogen) atoms. The predicted octanol–water partition coefficient (Wildman–Crippen LogP) is 1.90. The zero-order valence-corrected chi connectivity index (χ0v) is 15.7. The van der Waals surface area contributed by atoms with Crippen LogP contribution in [0, 0.1) is 0 Å². The molecule has 0 aromatic heterocycles. The Morgan fingerprint density at radius 2 is 1.88 bits per heavy atom. The Labute approximate surface area is 155 Å². The molecule has 2 aliphatic heterocycles. The molecule has 3 rings (SSSR count). The quantitative estimate of drug-likeness (QED) is 0.872. The van der Waals surface area contributed by atoms with Crippen LogP contribution in [0.2, 0.25) is 0 Å². The van der Waals surface area contributed by atoms with Gasteiger partial charge in [0, 0.05) is 38.5 Å². The lowest BCUT2D eigenvalue weighted by Gasteiger charge is -2.38. The molecule has 1 N–H and O–H groups in total. The molecule has 0 unspecified atom stereocenters. The third-order valence-corrected chi connectivity index (χ3v) is 5.39. The summed E-state index contributed by atoms with van der Waals surface area (Å²) in [5, 5.41) is 2.99. The van der Waals surface area contributed by atoms with Crippen molar-refractivity contribution in [1.29, 1.82) is 0 Å². The number of carbonyl (C=O) groups excluding carboxylic acids is 2. The van der Waals surface area contributed by atoms with E-state index in [4.69, 9.17) is 4.74 Å². The molecular formula is C20H29N3O3. The van der Waals surface area contributed by atoms with E-state index >= 15 is 0 Å². The highest BCUT2D eigenvalue weighted by Gasteiger charge is 2.32. The first-order valence-corrected chi connectivity index (χ1v) is 9.62. The molecule has 2 aliphatic rings. The lowest BCUT2D eigenvalue weighted by atomic mass is 10.1. The van der Waals surface area contributed by atoms with Crippen LogP contribution in [0.1, 0.15) is 32.3 Å². The third kappa shape index (κ3) is 4.43. The molecule has 2 heterocycles. The van der Waals surface area contributed by atoms with Crippen molar-refractivity contribution in [3.8, 4) is 0 Å². The molecule has 2 amide bonds. The molecule has 0 aliphatic carbocycles. The van der Waals surface area contributed by atoms with Gasteiger partial charge >= 0.3 is 0 Å². The highest BCUT2D eigenvalue weighted by atomic mass is 16.5. The summed E-state index contributed by atoms with van der Waals surface area (Å²) >= 11 is 0. The number of carbonyl (C=O) groups is 2. The normalized spacial score (nSPS) is 22.2. The fourth-order valence-electron chi connectivity index (χ4n) is 3.54. The smallest absolute Gasteiger partial charge is 0.251 e. The van der Waals surface area contributed by atoms with Crippen molar-refractivity contribution in [1.82, 2.24) is 9.80 Å². The number of hydrogen-bond acceptors (Lipinski definition) is 4. The summed E-state index contributed by atoms with van der Waals surface area (Å²) in [6, 6.07) is 7.75. The minimum Gasteiger partial charge on any atom is -0.368 e. The van der Waals surface area contributed by atoms with E-state index in [2.05, 4.69) is 17.1 Å². The molecule has 2 saturated heterocycles. The summed E-state index contributed by atoms with van der Waals surface area (Å²) in [5.74, 6) is 0.100. The van der Waals surface area contributed by atoms with Crippen LogP contribution < -0.4 is 5.32 Å². The zero-order chi connectivity index (χ0) is 18.5. The molecule has 2 fully saturated rings. The van der Waals surface area contributed by atoms with Crippen LogP contribution in [-0.2, 0) is 20.7 Å². The number of nitrogens with zero attached hydrogens (tertiary/aromatic N) is 2. The van der Waals surface area contributed by atoms with Crippen LogP contribution in [0.4, 0.5) is 5.69 Å². The molecular weight excluding hydrogens is 330 g/mol. The molecule has 6 heteroatoms. The Morgan fingerprint density at radius 1 is 1.19 bits per heavy atom. The second-order valence-electron chi connectivity index (χ2n) is 7.08. The highest BCUT2D eigenvalue weighted by Crippen LogP contribution is 2.17. The van der Waals surface area contributed by atoms with Crippen molar-refractivity contribution in [3.63, 3.8) is 0 Å². The fourth-order valence-corrected chi connectivity index (χ4v) is 3.54. The van der Waals surface area contributed by atoms with Gasteiger partial charge in [0.25, 0.3) is 5.91 Å². The lowest BCUT2D eigenvalue weighted by molar-refractivity contribution is -0.143. The van der Waals surface area contributed by atoms with Gasteiger partial charge < -0.3 is 15.0 Å². The maximum absolute atomic E-state index is 12.5. The molecule has 0 radical (unpaired) electrons. The van der Waals surface area contributed by atoms with Crippen molar-refractivity contribution in [2.45, 2.75) is 45.3 Å². The monoisotopic (exact) mass is 359 g/mol. The van der Waals surface area contributed by atoms with E-state index in [1.54, 1.807) is 0 Å². The average molecular weight is 359 g/mol. The number of hydrogen-bond donors (Lipinski definition) is 1. The van der Waals surface area contributed by atoms with Crippen LogP contribution in [0.15, 0.2) is 24.3 Å². The van der Waals surface area contributed by atoms with Gasteiger partial charge in [-0.3, -0.25) is 14.5 Å². The second-order valence-corrected chi connectivity index (χ2v) is 7.08. The Hall–Kier alpha value is -1.92. The highest BCUT2D eigenvalue weighted by molar-refractivity contribution is 5.94. The number of piperazine rings is 1. The molecule has 0 saturated carbocycles. The van der Waals surface area contributed by atoms with Crippen molar-refractivity contribution >= 4 is 17.5 Å². The van der Waals surface area contributed by atoms with Crippen LogP contribution in [0.25, 0.3) is 0 Å². The van der Waals surface area contributed by atoms with Gasteiger partial charge in [-0.25, -0.2) is 0 Å². The van der Waals surface area contributed by atoms with E-state index in [-0.39, 0.29) is 24.0 Å². The Bertz CT molecular complexity index is 618. The van der Waals surface area contributed by atoms with Gasteiger partial charge in [-0.2, -0.15) is 0 Å². The van der Waals surface area contributed by atoms with Crippen LogP contribution in [0.5, 0.6) is 0 Å². The number of benzene rings is 1. The van der Waals surface area contributed by atoms with Crippen LogP contribution in [-0.4, -0.2) is 66.5 Å². The first kappa shape index (κ1) is 18.9. The van der Waals surface area contributed by atoms with E-state index in [1.165, 1.54) is 5.56 Å². The molecule has 1 aromatic rings. The van der Waals surface area contributed by atoms with E-state index < -0.39 is 0 Å². The van der Waals surface area contributed by atoms with Crippen molar-refractivity contribution < 1.29 is 14.3 Å².